The summed E-state index contributed by atoms with van der Waals surface area (Å²) in [6, 6.07) is 12.5. The first-order valence-electron chi connectivity index (χ1n) is 8.93. The van der Waals surface area contributed by atoms with Crippen molar-refractivity contribution in [3.63, 3.8) is 0 Å². The largest absolute Gasteiger partial charge is 0.490 e. The molecule has 0 bridgehead atoms. The van der Waals surface area contributed by atoms with Crippen molar-refractivity contribution in [3.05, 3.63) is 65.2 Å². The van der Waals surface area contributed by atoms with Crippen molar-refractivity contribution in [2.75, 3.05) is 13.3 Å². The molecule has 148 valence electrons. The van der Waals surface area contributed by atoms with Gasteiger partial charge in [-0.25, -0.2) is 8.42 Å². The molecule has 0 unspecified atom stereocenters. The van der Waals surface area contributed by atoms with Gasteiger partial charge in [-0.1, -0.05) is 12.6 Å². The van der Waals surface area contributed by atoms with Gasteiger partial charge in [0.2, 0.25) is 0 Å². The van der Waals surface area contributed by atoms with Crippen LogP contribution in [0.2, 0.25) is 0 Å². The third-order valence-electron chi connectivity index (χ3n) is 4.40. The number of benzene rings is 2. The topological polar surface area (TPSA) is 70.4 Å². The highest BCUT2D eigenvalue weighted by atomic mass is 32.2. The molecule has 0 fully saturated rings. The summed E-state index contributed by atoms with van der Waals surface area (Å²) in [6.45, 7) is 10.5. The van der Waals surface area contributed by atoms with Crippen LogP contribution in [0.3, 0.4) is 0 Å². The molecule has 2 rings (SSSR count). The van der Waals surface area contributed by atoms with Gasteiger partial charge in [0.05, 0.1) is 22.6 Å². The maximum atomic E-state index is 12.0. The van der Waals surface area contributed by atoms with Crippen molar-refractivity contribution in [1.82, 2.24) is 4.90 Å². The molecular weight excluding hydrogens is 372 g/mol. The van der Waals surface area contributed by atoms with Crippen molar-refractivity contribution in [2.24, 2.45) is 0 Å². The Morgan fingerprint density at radius 1 is 1.25 bits per heavy atom. The van der Waals surface area contributed by atoms with Crippen LogP contribution >= 0.6 is 0 Å². The lowest BCUT2D eigenvalue weighted by molar-refractivity contribution is 0.241. The number of aryl methyl sites for hydroxylation is 1. The van der Waals surface area contributed by atoms with E-state index in [1.54, 1.807) is 24.3 Å². The van der Waals surface area contributed by atoms with Crippen LogP contribution in [-0.2, 0) is 16.4 Å². The third kappa shape index (κ3) is 5.14. The van der Waals surface area contributed by atoms with Gasteiger partial charge in [0.1, 0.15) is 5.75 Å². The monoisotopic (exact) mass is 398 g/mol. The van der Waals surface area contributed by atoms with Gasteiger partial charge in [-0.3, -0.25) is 0 Å². The van der Waals surface area contributed by atoms with Crippen LogP contribution in [0.5, 0.6) is 5.75 Å². The molecule has 2 aromatic rings. The van der Waals surface area contributed by atoms with E-state index in [0.717, 1.165) is 11.1 Å². The highest BCUT2D eigenvalue weighted by Crippen LogP contribution is 2.31. The maximum absolute atomic E-state index is 12.0. The molecule has 0 aromatic heterocycles. The molecule has 2 aromatic carbocycles. The van der Waals surface area contributed by atoms with Crippen LogP contribution in [0.25, 0.3) is 5.70 Å². The minimum Gasteiger partial charge on any atom is -0.490 e. The average molecular weight is 399 g/mol. The Balaban J connectivity index is 2.42. The SMILES string of the molecule is C=C(c1cc(S(C)(=O)=O)ccc1OC(C)C)N(C)Cc1cc(C#N)ccc1C. The number of nitrogens with zero attached hydrogens (tertiary/aromatic N) is 2. The van der Waals surface area contributed by atoms with Gasteiger partial charge in [0.15, 0.2) is 9.84 Å². The Morgan fingerprint density at radius 2 is 1.93 bits per heavy atom. The molecule has 0 aliphatic rings. The Hall–Kier alpha value is -2.78. The predicted octanol–water partition coefficient (Wildman–Crippen LogP) is 4.16. The van der Waals surface area contributed by atoms with Gasteiger partial charge in [-0.15, -0.1) is 0 Å². The number of hydrogen-bond donors (Lipinski definition) is 0. The molecule has 0 atom stereocenters. The summed E-state index contributed by atoms with van der Waals surface area (Å²) in [5.41, 5.74) is 3.95. The van der Waals surface area contributed by atoms with E-state index < -0.39 is 9.84 Å². The summed E-state index contributed by atoms with van der Waals surface area (Å²) >= 11 is 0. The predicted molar refractivity (Wildman–Crippen MR) is 112 cm³/mol. The van der Waals surface area contributed by atoms with E-state index in [4.69, 9.17) is 10.00 Å². The quantitative estimate of drug-likeness (QED) is 0.700. The number of rotatable bonds is 7. The van der Waals surface area contributed by atoms with Gasteiger partial charge in [0.25, 0.3) is 0 Å². The number of nitriles is 1. The van der Waals surface area contributed by atoms with Crippen molar-refractivity contribution in [2.45, 2.75) is 38.3 Å². The first-order chi connectivity index (χ1) is 13.0. The van der Waals surface area contributed by atoms with Crippen LogP contribution in [0.15, 0.2) is 47.9 Å². The molecular formula is C22H26N2O3S. The van der Waals surface area contributed by atoms with Crippen LogP contribution in [0.4, 0.5) is 0 Å². The van der Waals surface area contributed by atoms with Crippen molar-refractivity contribution in [3.8, 4) is 11.8 Å². The lowest BCUT2D eigenvalue weighted by Gasteiger charge is -2.25. The number of sulfone groups is 1. The zero-order chi connectivity index (χ0) is 21.1. The van der Waals surface area contributed by atoms with Gasteiger partial charge >= 0.3 is 0 Å². The lowest BCUT2D eigenvalue weighted by atomic mass is 10.0. The second-order valence-corrected chi connectivity index (χ2v) is 9.17. The first-order valence-corrected chi connectivity index (χ1v) is 10.8. The Morgan fingerprint density at radius 3 is 2.50 bits per heavy atom. The second kappa shape index (κ2) is 8.49. The molecule has 0 amide bonds. The first kappa shape index (κ1) is 21.5. The van der Waals surface area contributed by atoms with E-state index in [1.807, 2.05) is 44.9 Å². The van der Waals surface area contributed by atoms with Crippen LogP contribution in [0.1, 0.15) is 36.1 Å². The molecule has 0 spiro atoms. The van der Waals surface area contributed by atoms with Gasteiger partial charge < -0.3 is 9.64 Å². The van der Waals surface area contributed by atoms with E-state index in [-0.39, 0.29) is 11.0 Å². The molecule has 0 radical (unpaired) electrons. The normalized spacial score (nSPS) is 11.2. The molecule has 0 heterocycles. The highest BCUT2D eigenvalue weighted by Gasteiger charge is 2.17. The fourth-order valence-corrected chi connectivity index (χ4v) is 3.44. The Kier molecular flexibility index (Phi) is 6.52. The smallest absolute Gasteiger partial charge is 0.175 e. The Labute approximate surface area is 167 Å². The maximum Gasteiger partial charge on any atom is 0.175 e. The van der Waals surface area contributed by atoms with Crippen LogP contribution < -0.4 is 4.74 Å². The number of ether oxygens (including phenoxy) is 1. The standard InChI is InChI=1S/C22H26N2O3S/c1-15(2)27-22-10-9-20(28(6,25)26)12-21(22)17(4)24(5)14-19-11-18(13-23)8-7-16(19)3/h7-12,15H,4,14H2,1-3,5-6H3. The Bertz CT molecular complexity index is 1030. The minimum atomic E-state index is -3.36. The van der Waals surface area contributed by atoms with Gasteiger partial charge in [-0.2, -0.15) is 5.26 Å². The molecule has 0 aliphatic carbocycles. The third-order valence-corrected chi connectivity index (χ3v) is 5.51. The average Bonchev–Trinajstić information content (AvgIpc) is 2.61. The fourth-order valence-electron chi connectivity index (χ4n) is 2.79. The summed E-state index contributed by atoms with van der Waals surface area (Å²) in [4.78, 5) is 2.15. The van der Waals surface area contributed by atoms with E-state index in [9.17, 15) is 8.42 Å². The summed E-state index contributed by atoms with van der Waals surface area (Å²) in [5.74, 6) is 0.585. The fraction of sp³-hybridized carbons (Fsp3) is 0.318. The van der Waals surface area contributed by atoms with Crippen molar-refractivity contribution in [1.29, 1.82) is 5.26 Å². The van der Waals surface area contributed by atoms with Crippen molar-refractivity contribution >= 4 is 15.5 Å². The van der Waals surface area contributed by atoms with E-state index in [1.165, 1.54) is 6.26 Å². The lowest BCUT2D eigenvalue weighted by Crippen LogP contribution is -2.18. The summed E-state index contributed by atoms with van der Waals surface area (Å²) in [6.07, 6.45) is 1.12. The highest BCUT2D eigenvalue weighted by molar-refractivity contribution is 7.90. The van der Waals surface area contributed by atoms with Gasteiger partial charge in [-0.05, 0) is 62.2 Å². The molecule has 0 saturated carbocycles. The van der Waals surface area contributed by atoms with E-state index in [2.05, 4.69) is 12.6 Å². The molecule has 0 saturated heterocycles. The van der Waals surface area contributed by atoms with E-state index in [0.29, 0.717) is 29.1 Å². The zero-order valence-corrected chi connectivity index (χ0v) is 17.8. The minimum absolute atomic E-state index is 0.0597. The van der Waals surface area contributed by atoms with Crippen molar-refractivity contribution < 1.29 is 13.2 Å². The van der Waals surface area contributed by atoms with Gasteiger partial charge in [0, 0.05) is 31.1 Å². The van der Waals surface area contributed by atoms with Crippen LogP contribution in [0, 0.1) is 18.3 Å². The second-order valence-electron chi connectivity index (χ2n) is 7.15. The molecule has 5 nitrogen and oxygen atoms in total. The van der Waals surface area contributed by atoms with E-state index >= 15 is 0 Å². The summed E-state index contributed by atoms with van der Waals surface area (Å²) < 4.78 is 29.9. The summed E-state index contributed by atoms with van der Waals surface area (Å²) in [7, 11) is -1.47. The zero-order valence-electron chi connectivity index (χ0n) is 17.0. The molecule has 0 N–H and O–H groups in total. The molecule has 6 heteroatoms. The number of hydrogen-bond acceptors (Lipinski definition) is 5. The molecule has 28 heavy (non-hydrogen) atoms. The molecule has 0 aliphatic heterocycles. The van der Waals surface area contributed by atoms with Crippen LogP contribution in [-0.4, -0.2) is 32.7 Å². The summed E-state index contributed by atoms with van der Waals surface area (Å²) in [5, 5.41) is 9.15.